The molecule has 2 fully saturated rings. The molecule has 0 saturated carbocycles. The molecular formula is C10H17N3O3. The van der Waals surface area contributed by atoms with Gasteiger partial charge in [-0.3, -0.25) is 4.79 Å². The van der Waals surface area contributed by atoms with Gasteiger partial charge < -0.3 is 20.6 Å². The maximum Gasteiger partial charge on any atom is 0.404 e. The minimum Gasteiger partial charge on any atom is -0.465 e. The molecule has 3 N–H and O–H groups in total. The van der Waals surface area contributed by atoms with Crippen LogP contribution in [0.4, 0.5) is 4.79 Å². The highest BCUT2D eigenvalue weighted by Crippen LogP contribution is 2.17. The van der Waals surface area contributed by atoms with Crippen LogP contribution in [0.1, 0.15) is 19.3 Å². The highest BCUT2D eigenvalue weighted by molar-refractivity contribution is 5.77. The molecule has 2 aliphatic rings. The van der Waals surface area contributed by atoms with Gasteiger partial charge in [-0.15, -0.1) is 0 Å². The first kappa shape index (κ1) is 11.2. The maximum atomic E-state index is 11.7. The van der Waals surface area contributed by atoms with Crippen LogP contribution < -0.4 is 10.6 Å². The van der Waals surface area contributed by atoms with Crippen LogP contribution in [0.3, 0.4) is 0 Å². The number of hydrogen-bond acceptors (Lipinski definition) is 3. The lowest BCUT2D eigenvalue weighted by atomic mass is 10.0. The quantitative estimate of drug-likeness (QED) is 0.600. The number of likely N-dealkylation sites (tertiary alicyclic amines) is 1. The Kier molecular flexibility index (Phi) is 3.28. The molecule has 90 valence electrons. The maximum absolute atomic E-state index is 11.7. The van der Waals surface area contributed by atoms with Gasteiger partial charge in [0.2, 0.25) is 5.91 Å². The van der Waals surface area contributed by atoms with E-state index in [1.165, 1.54) is 0 Å². The summed E-state index contributed by atoms with van der Waals surface area (Å²) >= 11 is 0. The molecular weight excluding hydrogens is 210 g/mol. The van der Waals surface area contributed by atoms with Crippen molar-refractivity contribution in [2.45, 2.75) is 31.3 Å². The fourth-order valence-corrected chi connectivity index (χ4v) is 2.48. The van der Waals surface area contributed by atoms with Gasteiger partial charge in [0, 0.05) is 26.1 Å². The van der Waals surface area contributed by atoms with E-state index in [1.54, 1.807) is 0 Å². The van der Waals surface area contributed by atoms with Crippen molar-refractivity contribution in [3.63, 3.8) is 0 Å². The summed E-state index contributed by atoms with van der Waals surface area (Å²) in [4.78, 5) is 24.2. The monoisotopic (exact) mass is 227 g/mol. The zero-order chi connectivity index (χ0) is 11.5. The highest BCUT2D eigenvalue weighted by Gasteiger charge is 2.36. The number of carbonyl (C=O) groups excluding carboxylic acids is 1. The van der Waals surface area contributed by atoms with Gasteiger partial charge in [0.15, 0.2) is 0 Å². The Hall–Kier alpha value is -1.30. The molecule has 0 aromatic heterocycles. The standard InChI is InChI=1S/C10H17N3O3/c14-9-3-1-2-4-13(9)8-6-11-5-7(8)12-10(15)16/h7-8,11-12H,1-6H2,(H,15,16). The van der Waals surface area contributed by atoms with Crippen molar-refractivity contribution in [3.05, 3.63) is 0 Å². The number of amides is 2. The van der Waals surface area contributed by atoms with Crippen molar-refractivity contribution in [2.75, 3.05) is 19.6 Å². The van der Waals surface area contributed by atoms with Crippen molar-refractivity contribution < 1.29 is 14.7 Å². The summed E-state index contributed by atoms with van der Waals surface area (Å²) in [5.41, 5.74) is 0. The molecule has 0 aliphatic carbocycles. The molecule has 2 aliphatic heterocycles. The smallest absolute Gasteiger partial charge is 0.404 e. The van der Waals surface area contributed by atoms with E-state index in [0.717, 1.165) is 19.4 Å². The van der Waals surface area contributed by atoms with Crippen LogP contribution in [0.15, 0.2) is 0 Å². The molecule has 0 bridgehead atoms. The Morgan fingerprint density at radius 2 is 2.25 bits per heavy atom. The molecule has 2 heterocycles. The Morgan fingerprint density at radius 3 is 2.94 bits per heavy atom. The SMILES string of the molecule is O=C(O)NC1CNCC1N1CCCCC1=O. The normalized spacial score (nSPS) is 30.5. The number of nitrogens with one attached hydrogen (secondary N) is 2. The van der Waals surface area contributed by atoms with E-state index >= 15 is 0 Å². The van der Waals surface area contributed by atoms with E-state index in [9.17, 15) is 9.59 Å². The van der Waals surface area contributed by atoms with Gasteiger partial charge in [0.05, 0.1) is 12.1 Å². The fourth-order valence-electron chi connectivity index (χ4n) is 2.48. The summed E-state index contributed by atoms with van der Waals surface area (Å²) in [7, 11) is 0. The minimum absolute atomic E-state index is 0.0242. The molecule has 6 nitrogen and oxygen atoms in total. The average Bonchev–Trinajstić information content (AvgIpc) is 2.66. The summed E-state index contributed by atoms with van der Waals surface area (Å²) in [6.07, 6.45) is 1.54. The largest absolute Gasteiger partial charge is 0.465 e. The molecule has 0 aromatic rings. The van der Waals surface area contributed by atoms with Gasteiger partial charge in [0.25, 0.3) is 0 Å². The lowest BCUT2D eigenvalue weighted by Crippen LogP contribution is -2.54. The van der Waals surface area contributed by atoms with Crippen molar-refractivity contribution >= 4 is 12.0 Å². The molecule has 0 aromatic carbocycles. The second kappa shape index (κ2) is 4.69. The molecule has 2 rings (SSSR count). The van der Waals surface area contributed by atoms with Gasteiger partial charge in [-0.05, 0) is 12.8 Å². The first-order chi connectivity index (χ1) is 7.68. The van der Waals surface area contributed by atoms with Crippen molar-refractivity contribution in [1.82, 2.24) is 15.5 Å². The zero-order valence-electron chi connectivity index (χ0n) is 9.11. The molecule has 16 heavy (non-hydrogen) atoms. The fraction of sp³-hybridized carbons (Fsp3) is 0.800. The average molecular weight is 227 g/mol. The van der Waals surface area contributed by atoms with Crippen molar-refractivity contribution in [1.29, 1.82) is 0 Å². The number of hydrogen-bond donors (Lipinski definition) is 3. The van der Waals surface area contributed by atoms with Crippen molar-refractivity contribution in [2.24, 2.45) is 0 Å². The van der Waals surface area contributed by atoms with Crippen molar-refractivity contribution in [3.8, 4) is 0 Å². The molecule has 0 spiro atoms. The van der Waals surface area contributed by atoms with Gasteiger partial charge >= 0.3 is 6.09 Å². The lowest BCUT2D eigenvalue weighted by molar-refractivity contribution is -0.135. The van der Waals surface area contributed by atoms with E-state index in [2.05, 4.69) is 10.6 Å². The van der Waals surface area contributed by atoms with E-state index in [4.69, 9.17) is 5.11 Å². The molecule has 2 atom stereocenters. The third-order valence-electron chi connectivity index (χ3n) is 3.25. The zero-order valence-corrected chi connectivity index (χ0v) is 9.11. The predicted octanol–water partition coefficient (Wildman–Crippen LogP) is -0.393. The molecule has 2 saturated heterocycles. The topological polar surface area (TPSA) is 81.7 Å². The number of nitrogens with zero attached hydrogens (tertiary/aromatic N) is 1. The Balaban J connectivity index is 2.00. The number of carboxylic acid groups (broad SMARTS) is 1. The Bertz CT molecular complexity index is 295. The Labute approximate surface area is 94.0 Å². The summed E-state index contributed by atoms with van der Waals surface area (Å²) in [6.45, 7) is 2.03. The number of piperidine rings is 1. The van der Waals surface area contributed by atoms with Crippen LogP contribution in [-0.4, -0.2) is 53.7 Å². The molecule has 0 radical (unpaired) electrons. The van der Waals surface area contributed by atoms with E-state index in [1.807, 2.05) is 4.90 Å². The summed E-state index contributed by atoms with van der Waals surface area (Å²) < 4.78 is 0. The third-order valence-corrected chi connectivity index (χ3v) is 3.25. The second-order valence-electron chi connectivity index (χ2n) is 4.33. The van der Waals surface area contributed by atoms with Crippen LogP contribution in [0.25, 0.3) is 0 Å². The van der Waals surface area contributed by atoms with Crippen LogP contribution in [0, 0.1) is 0 Å². The number of carbonyl (C=O) groups is 2. The van der Waals surface area contributed by atoms with E-state index < -0.39 is 6.09 Å². The van der Waals surface area contributed by atoms with Crippen LogP contribution in [-0.2, 0) is 4.79 Å². The minimum atomic E-state index is -1.02. The first-order valence-electron chi connectivity index (χ1n) is 5.68. The number of rotatable bonds is 2. The summed E-state index contributed by atoms with van der Waals surface area (Å²) in [6, 6.07) is -0.205. The summed E-state index contributed by atoms with van der Waals surface area (Å²) in [5, 5.41) is 14.3. The van der Waals surface area contributed by atoms with Gasteiger partial charge in [-0.2, -0.15) is 0 Å². The lowest BCUT2D eigenvalue weighted by Gasteiger charge is -2.35. The van der Waals surface area contributed by atoms with Crippen LogP contribution in [0.2, 0.25) is 0 Å². The third kappa shape index (κ3) is 2.27. The molecule has 2 amide bonds. The van der Waals surface area contributed by atoms with Gasteiger partial charge in [-0.25, -0.2) is 4.79 Å². The van der Waals surface area contributed by atoms with Gasteiger partial charge in [-0.1, -0.05) is 0 Å². The molecule has 6 heteroatoms. The van der Waals surface area contributed by atoms with Gasteiger partial charge in [0.1, 0.15) is 0 Å². The second-order valence-corrected chi connectivity index (χ2v) is 4.33. The summed E-state index contributed by atoms with van der Waals surface area (Å²) in [5.74, 6) is 0.150. The predicted molar refractivity (Wildman–Crippen MR) is 57.2 cm³/mol. The Morgan fingerprint density at radius 1 is 1.44 bits per heavy atom. The van der Waals surface area contributed by atoms with Crippen LogP contribution >= 0.6 is 0 Å². The van der Waals surface area contributed by atoms with E-state index in [0.29, 0.717) is 19.5 Å². The molecule has 2 unspecified atom stereocenters. The highest BCUT2D eigenvalue weighted by atomic mass is 16.4. The van der Waals surface area contributed by atoms with Crippen LogP contribution in [0.5, 0.6) is 0 Å². The first-order valence-corrected chi connectivity index (χ1v) is 5.68. The van der Waals surface area contributed by atoms with E-state index in [-0.39, 0.29) is 18.0 Å².